The SMILES string of the molecule is O=C(Nc1cnn(CC2CC2)c1)c1ccn(COc2cccc(C(F)(F)F)c2)n1. The highest BCUT2D eigenvalue weighted by Crippen LogP contribution is 2.31. The monoisotopic (exact) mass is 405 g/mol. The number of halogens is 3. The van der Waals surface area contributed by atoms with Gasteiger partial charge in [-0.2, -0.15) is 23.4 Å². The van der Waals surface area contributed by atoms with Gasteiger partial charge in [0.15, 0.2) is 12.4 Å². The van der Waals surface area contributed by atoms with E-state index in [2.05, 4.69) is 15.5 Å². The normalized spacial score (nSPS) is 14.0. The molecule has 1 N–H and O–H groups in total. The Morgan fingerprint density at radius 1 is 1.24 bits per heavy atom. The van der Waals surface area contributed by atoms with Crippen molar-refractivity contribution in [3.63, 3.8) is 0 Å². The highest BCUT2D eigenvalue weighted by Gasteiger charge is 2.30. The minimum absolute atomic E-state index is 0.0596. The van der Waals surface area contributed by atoms with Crippen LogP contribution in [0, 0.1) is 5.92 Å². The highest BCUT2D eigenvalue weighted by molar-refractivity contribution is 6.02. The Morgan fingerprint density at radius 3 is 2.83 bits per heavy atom. The van der Waals surface area contributed by atoms with Crippen molar-refractivity contribution in [3.8, 4) is 5.75 Å². The molecule has 0 spiro atoms. The van der Waals surface area contributed by atoms with Gasteiger partial charge in [-0.3, -0.25) is 9.48 Å². The summed E-state index contributed by atoms with van der Waals surface area (Å²) in [7, 11) is 0. The first-order chi connectivity index (χ1) is 13.9. The Balaban J connectivity index is 1.33. The van der Waals surface area contributed by atoms with Crippen LogP contribution in [0.5, 0.6) is 5.75 Å². The topological polar surface area (TPSA) is 74.0 Å². The van der Waals surface area contributed by atoms with Gasteiger partial charge in [0, 0.05) is 18.9 Å². The Labute approximate surface area is 164 Å². The van der Waals surface area contributed by atoms with Gasteiger partial charge in [0.2, 0.25) is 0 Å². The molecule has 2 heterocycles. The van der Waals surface area contributed by atoms with Crippen LogP contribution in [0.2, 0.25) is 0 Å². The molecular formula is C19H18F3N5O2. The first-order valence-corrected chi connectivity index (χ1v) is 9.04. The number of nitrogens with one attached hydrogen (secondary N) is 1. The summed E-state index contributed by atoms with van der Waals surface area (Å²) in [6.45, 7) is 0.714. The largest absolute Gasteiger partial charge is 0.471 e. The van der Waals surface area contributed by atoms with Crippen LogP contribution in [0.15, 0.2) is 48.9 Å². The lowest BCUT2D eigenvalue weighted by Gasteiger charge is -2.10. The molecule has 0 aliphatic heterocycles. The number of hydrogen-bond donors (Lipinski definition) is 1. The molecule has 4 rings (SSSR count). The molecule has 29 heavy (non-hydrogen) atoms. The molecule has 1 aliphatic rings. The minimum atomic E-state index is -4.44. The smallest absolute Gasteiger partial charge is 0.416 e. The number of amides is 1. The first-order valence-electron chi connectivity index (χ1n) is 9.04. The average molecular weight is 405 g/mol. The number of aromatic nitrogens is 4. The van der Waals surface area contributed by atoms with Crippen LogP contribution >= 0.6 is 0 Å². The molecule has 3 aromatic rings. The van der Waals surface area contributed by atoms with Crippen molar-refractivity contribution in [2.24, 2.45) is 5.92 Å². The number of hydrogen-bond acceptors (Lipinski definition) is 4. The van der Waals surface area contributed by atoms with Crippen LogP contribution in [0.3, 0.4) is 0 Å². The number of anilines is 1. The lowest BCUT2D eigenvalue weighted by Crippen LogP contribution is -2.14. The molecule has 0 radical (unpaired) electrons. The van der Waals surface area contributed by atoms with Crippen LogP contribution in [0.1, 0.15) is 28.9 Å². The third-order valence-corrected chi connectivity index (χ3v) is 4.43. The average Bonchev–Trinajstić information content (AvgIpc) is 3.18. The van der Waals surface area contributed by atoms with Crippen molar-refractivity contribution in [3.05, 3.63) is 60.2 Å². The third-order valence-electron chi connectivity index (χ3n) is 4.43. The van der Waals surface area contributed by atoms with E-state index in [0.717, 1.165) is 18.7 Å². The molecule has 1 aromatic carbocycles. The standard InChI is InChI=1S/C19H18F3N5O2/c20-19(21,22)14-2-1-3-16(8-14)29-12-26-7-6-17(25-26)18(28)24-15-9-23-27(11-15)10-13-4-5-13/h1-3,6-9,11,13H,4-5,10,12H2,(H,24,28). The predicted molar refractivity (Wildman–Crippen MR) is 97.2 cm³/mol. The fraction of sp³-hybridized carbons (Fsp3) is 0.316. The molecule has 7 nitrogen and oxygen atoms in total. The van der Waals surface area contributed by atoms with Crippen LogP contribution < -0.4 is 10.1 Å². The summed E-state index contributed by atoms with van der Waals surface area (Å²) in [5.74, 6) is 0.323. The second-order valence-electron chi connectivity index (χ2n) is 6.89. The quantitative estimate of drug-likeness (QED) is 0.649. The summed E-state index contributed by atoms with van der Waals surface area (Å²) in [6.07, 6.45) is 2.84. The van der Waals surface area contributed by atoms with Gasteiger partial charge in [-0.15, -0.1) is 0 Å². The number of rotatable bonds is 7. The lowest BCUT2D eigenvalue weighted by molar-refractivity contribution is -0.137. The van der Waals surface area contributed by atoms with Gasteiger partial charge in [-0.25, -0.2) is 4.68 Å². The molecule has 0 unspecified atom stereocenters. The number of ether oxygens (including phenoxy) is 1. The molecule has 10 heteroatoms. The van der Waals surface area contributed by atoms with Gasteiger partial charge in [-0.05, 0) is 43.0 Å². The maximum absolute atomic E-state index is 12.7. The van der Waals surface area contributed by atoms with E-state index in [1.807, 2.05) is 0 Å². The van der Waals surface area contributed by atoms with E-state index in [1.165, 1.54) is 41.9 Å². The van der Waals surface area contributed by atoms with E-state index < -0.39 is 17.6 Å². The van der Waals surface area contributed by atoms with Crippen LogP contribution in [0.25, 0.3) is 0 Å². The number of carbonyl (C=O) groups excluding carboxylic acids is 1. The zero-order chi connectivity index (χ0) is 20.4. The molecule has 2 aromatic heterocycles. The molecule has 152 valence electrons. The Kier molecular flexibility index (Phi) is 4.99. The molecule has 0 bridgehead atoms. The summed E-state index contributed by atoms with van der Waals surface area (Å²) < 4.78 is 46.7. The summed E-state index contributed by atoms with van der Waals surface area (Å²) in [5, 5.41) is 11.0. The van der Waals surface area contributed by atoms with Crippen molar-refractivity contribution < 1.29 is 22.7 Å². The molecule has 1 fully saturated rings. The molecular weight excluding hydrogens is 387 g/mol. The maximum Gasteiger partial charge on any atom is 0.416 e. The van der Waals surface area contributed by atoms with Gasteiger partial charge in [0.05, 0.1) is 17.4 Å². The van der Waals surface area contributed by atoms with E-state index >= 15 is 0 Å². The van der Waals surface area contributed by atoms with Gasteiger partial charge < -0.3 is 10.1 Å². The van der Waals surface area contributed by atoms with E-state index in [9.17, 15) is 18.0 Å². The van der Waals surface area contributed by atoms with Crippen molar-refractivity contribution >= 4 is 11.6 Å². The maximum atomic E-state index is 12.7. The van der Waals surface area contributed by atoms with Crippen molar-refractivity contribution in [1.29, 1.82) is 0 Å². The molecule has 1 saturated carbocycles. The predicted octanol–water partition coefficient (Wildman–Crippen LogP) is 3.80. The summed E-state index contributed by atoms with van der Waals surface area (Å²) >= 11 is 0. The Bertz CT molecular complexity index is 1010. The molecule has 0 atom stereocenters. The minimum Gasteiger partial charge on any atom is -0.471 e. The van der Waals surface area contributed by atoms with E-state index in [1.54, 1.807) is 17.1 Å². The molecule has 1 amide bonds. The third kappa shape index (κ3) is 4.95. The molecule has 1 aliphatic carbocycles. The highest BCUT2D eigenvalue weighted by atomic mass is 19.4. The summed E-state index contributed by atoms with van der Waals surface area (Å²) in [4.78, 5) is 12.3. The van der Waals surface area contributed by atoms with Gasteiger partial charge in [0.25, 0.3) is 5.91 Å². The second kappa shape index (κ2) is 7.61. The van der Waals surface area contributed by atoms with Crippen molar-refractivity contribution in [2.75, 3.05) is 5.32 Å². The first kappa shape index (κ1) is 19.0. The van der Waals surface area contributed by atoms with E-state index in [-0.39, 0.29) is 18.2 Å². The Morgan fingerprint density at radius 2 is 2.07 bits per heavy atom. The van der Waals surface area contributed by atoms with Gasteiger partial charge >= 0.3 is 6.18 Å². The van der Waals surface area contributed by atoms with E-state index in [4.69, 9.17) is 4.74 Å². The van der Waals surface area contributed by atoms with Gasteiger partial charge in [-0.1, -0.05) is 6.07 Å². The number of nitrogens with zero attached hydrogens (tertiary/aromatic N) is 4. The lowest BCUT2D eigenvalue weighted by atomic mass is 10.2. The number of carbonyl (C=O) groups is 1. The Hall–Kier alpha value is -3.30. The number of alkyl halides is 3. The van der Waals surface area contributed by atoms with Crippen molar-refractivity contribution in [1.82, 2.24) is 19.6 Å². The van der Waals surface area contributed by atoms with Crippen LogP contribution in [-0.4, -0.2) is 25.5 Å². The summed E-state index contributed by atoms with van der Waals surface area (Å²) in [5.41, 5.74) is -0.0595. The van der Waals surface area contributed by atoms with Crippen LogP contribution in [0.4, 0.5) is 18.9 Å². The fourth-order valence-corrected chi connectivity index (χ4v) is 2.75. The van der Waals surface area contributed by atoms with Crippen LogP contribution in [-0.2, 0) is 19.5 Å². The van der Waals surface area contributed by atoms with Gasteiger partial charge in [0.1, 0.15) is 5.75 Å². The summed E-state index contributed by atoms with van der Waals surface area (Å²) in [6, 6.07) is 6.07. The zero-order valence-electron chi connectivity index (χ0n) is 15.3. The number of benzene rings is 1. The fourth-order valence-electron chi connectivity index (χ4n) is 2.75. The van der Waals surface area contributed by atoms with E-state index in [0.29, 0.717) is 11.6 Å². The molecule has 0 saturated heterocycles. The zero-order valence-corrected chi connectivity index (χ0v) is 15.3. The second-order valence-corrected chi connectivity index (χ2v) is 6.89. The van der Waals surface area contributed by atoms with Crippen molar-refractivity contribution in [2.45, 2.75) is 32.3 Å².